The van der Waals surface area contributed by atoms with E-state index in [0.29, 0.717) is 28.6 Å². The van der Waals surface area contributed by atoms with Crippen LogP contribution in [0.4, 0.5) is 5.69 Å². The van der Waals surface area contributed by atoms with Crippen molar-refractivity contribution in [3.63, 3.8) is 0 Å². The molecule has 0 unspecified atom stereocenters. The third-order valence-corrected chi connectivity index (χ3v) is 4.65. The van der Waals surface area contributed by atoms with E-state index in [4.69, 9.17) is 4.74 Å². The van der Waals surface area contributed by atoms with Crippen molar-refractivity contribution in [2.24, 2.45) is 0 Å². The summed E-state index contributed by atoms with van der Waals surface area (Å²) >= 11 is 0. The van der Waals surface area contributed by atoms with Gasteiger partial charge in [-0.1, -0.05) is 31.5 Å². The van der Waals surface area contributed by atoms with E-state index in [9.17, 15) is 19.2 Å². The lowest BCUT2D eigenvalue weighted by molar-refractivity contribution is -0.114. The number of benzene rings is 2. The van der Waals surface area contributed by atoms with Crippen LogP contribution in [0.15, 0.2) is 53.3 Å². The summed E-state index contributed by atoms with van der Waals surface area (Å²) in [5.41, 5.74) is 0.634. The quantitative estimate of drug-likeness (QED) is 0.442. The minimum absolute atomic E-state index is 0.000101. The third-order valence-electron chi connectivity index (χ3n) is 4.65. The summed E-state index contributed by atoms with van der Waals surface area (Å²) in [4.78, 5) is 48.8. The predicted molar refractivity (Wildman–Crippen MR) is 116 cm³/mol. The number of unbranched alkanes of at least 4 members (excludes halogenated alkanes) is 1. The topological polar surface area (TPSA) is 107 Å². The molecule has 8 heteroatoms. The van der Waals surface area contributed by atoms with Crippen LogP contribution >= 0.6 is 0 Å². The first-order valence-electron chi connectivity index (χ1n) is 9.98. The van der Waals surface area contributed by atoms with E-state index in [-0.39, 0.29) is 17.2 Å². The van der Waals surface area contributed by atoms with Gasteiger partial charge in [0.05, 0.1) is 5.39 Å². The number of hydrogen-bond acceptors (Lipinski definition) is 6. The molecule has 0 saturated carbocycles. The maximum Gasteiger partial charge on any atom is 0.359 e. The summed E-state index contributed by atoms with van der Waals surface area (Å²) < 4.78 is 6.48. The summed E-state index contributed by atoms with van der Waals surface area (Å²) in [5, 5.41) is 7.58. The largest absolute Gasteiger partial charge is 0.452 e. The molecule has 0 fully saturated rings. The van der Waals surface area contributed by atoms with E-state index in [1.54, 1.807) is 48.5 Å². The fourth-order valence-electron chi connectivity index (χ4n) is 3.07. The fraction of sp³-hybridized carbons (Fsp3) is 0.261. The van der Waals surface area contributed by atoms with Crippen molar-refractivity contribution < 1.29 is 19.1 Å². The summed E-state index contributed by atoms with van der Waals surface area (Å²) in [6.45, 7) is 3.31. The number of anilines is 1. The standard InChI is InChI=1S/C23H23N3O5/c1-3-4-13-26-22(29)19-8-6-5-7-18(19)21(25-26)23(30)31-14-20(28)16-9-11-17(12-10-16)24-15(2)27/h5-12H,3-4,13-14H2,1-2H3,(H,24,27). The number of carbonyl (C=O) groups is 3. The molecule has 31 heavy (non-hydrogen) atoms. The average Bonchev–Trinajstić information content (AvgIpc) is 2.77. The highest BCUT2D eigenvalue weighted by Gasteiger charge is 2.19. The Labute approximate surface area is 178 Å². The van der Waals surface area contributed by atoms with Gasteiger partial charge in [-0.15, -0.1) is 0 Å². The van der Waals surface area contributed by atoms with E-state index in [1.165, 1.54) is 11.6 Å². The first-order chi connectivity index (χ1) is 14.9. The molecule has 1 aromatic heterocycles. The SMILES string of the molecule is CCCCn1nc(C(=O)OCC(=O)c2ccc(NC(C)=O)cc2)c2ccccc2c1=O. The minimum Gasteiger partial charge on any atom is -0.452 e. The molecule has 3 rings (SSSR count). The van der Waals surface area contributed by atoms with Crippen LogP contribution in [0.5, 0.6) is 0 Å². The number of fused-ring (bicyclic) bond motifs is 1. The van der Waals surface area contributed by atoms with Gasteiger partial charge in [-0.2, -0.15) is 5.10 Å². The van der Waals surface area contributed by atoms with Gasteiger partial charge in [-0.3, -0.25) is 14.4 Å². The van der Waals surface area contributed by atoms with E-state index >= 15 is 0 Å². The van der Waals surface area contributed by atoms with Crippen molar-refractivity contribution >= 4 is 34.1 Å². The smallest absolute Gasteiger partial charge is 0.359 e. The number of ketones is 1. The molecule has 2 aromatic carbocycles. The molecule has 3 aromatic rings. The van der Waals surface area contributed by atoms with Crippen molar-refractivity contribution in [3.05, 3.63) is 70.1 Å². The van der Waals surface area contributed by atoms with Gasteiger partial charge in [0.2, 0.25) is 5.91 Å². The zero-order valence-corrected chi connectivity index (χ0v) is 17.4. The second kappa shape index (κ2) is 9.80. The first kappa shape index (κ1) is 21.9. The monoisotopic (exact) mass is 421 g/mol. The molecule has 0 aliphatic carbocycles. The number of aryl methyl sites for hydroxylation is 1. The maximum absolute atomic E-state index is 12.7. The molecule has 1 N–H and O–H groups in total. The van der Waals surface area contributed by atoms with E-state index in [2.05, 4.69) is 10.4 Å². The van der Waals surface area contributed by atoms with Crippen LogP contribution in [0, 0.1) is 0 Å². The molecule has 0 aliphatic heterocycles. The number of carbonyl (C=O) groups excluding carboxylic acids is 3. The number of nitrogens with one attached hydrogen (secondary N) is 1. The van der Waals surface area contributed by atoms with Crippen molar-refractivity contribution in [1.29, 1.82) is 0 Å². The molecular formula is C23H23N3O5. The average molecular weight is 421 g/mol. The fourth-order valence-corrected chi connectivity index (χ4v) is 3.07. The van der Waals surface area contributed by atoms with Gasteiger partial charge in [-0.05, 0) is 36.8 Å². The lowest BCUT2D eigenvalue weighted by Gasteiger charge is -2.10. The number of ether oxygens (including phenoxy) is 1. The second-order valence-corrected chi connectivity index (χ2v) is 7.03. The molecular weight excluding hydrogens is 398 g/mol. The van der Waals surface area contributed by atoms with Gasteiger partial charge in [0.1, 0.15) is 0 Å². The highest BCUT2D eigenvalue weighted by atomic mass is 16.5. The Morgan fingerprint density at radius 2 is 1.71 bits per heavy atom. The molecule has 0 bridgehead atoms. The lowest BCUT2D eigenvalue weighted by Crippen LogP contribution is -2.27. The number of amides is 1. The molecule has 8 nitrogen and oxygen atoms in total. The first-order valence-corrected chi connectivity index (χ1v) is 9.98. The molecule has 0 radical (unpaired) electrons. The zero-order chi connectivity index (χ0) is 22.4. The Morgan fingerprint density at radius 1 is 1.03 bits per heavy atom. The van der Waals surface area contributed by atoms with E-state index in [0.717, 1.165) is 12.8 Å². The van der Waals surface area contributed by atoms with E-state index in [1.807, 2.05) is 6.92 Å². The molecule has 160 valence electrons. The lowest BCUT2D eigenvalue weighted by atomic mass is 10.1. The Morgan fingerprint density at radius 3 is 2.35 bits per heavy atom. The van der Waals surface area contributed by atoms with Crippen LogP contribution in [0.2, 0.25) is 0 Å². The van der Waals surface area contributed by atoms with Crippen LogP contribution in [-0.2, 0) is 16.1 Å². The number of rotatable bonds is 8. The second-order valence-electron chi connectivity index (χ2n) is 7.03. The van der Waals surface area contributed by atoms with Crippen molar-refractivity contribution in [3.8, 4) is 0 Å². The van der Waals surface area contributed by atoms with Crippen molar-refractivity contribution in [2.45, 2.75) is 33.2 Å². The Kier molecular flexibility index (Phi) is 6.92. The Bertz CT molecular complexity index is 1180. The number of nitrogens with zero attached hydrogens (tertiary/aromatic N) is 2. The number of Topliss-reactive ketones (excluding diaryl/α,β-unsaturated/α-hetero) is 1. The molecule has 1 heterocycles. The van der Waals surface area contributed by atoms with Gasteiger partial charge in [0.15, 0.2) is 18.1 Å². The third kappa shape index (κ3) is 5.22. The number of hydrogen-bond donors (Lipinski definition) is 1. The molecule has 1 amide bonds. The molecule has 0 saturated heterocycles. The summed E-state index contributed by atoms with van der Waals surface area (Å²) in [6, 6.07) is 13.0. The summed E-state index contributed by atoms with van der Waals surface area (Å²) in [5.74, 6) is -1.39. The van der Waals surface area contributed by atoms with Crippen LogP contribution in [0.25, 0.3) is 10.8 Å². The molecule has 0 aliphatic rings. The zero-order valence-electron chi connectivity index (χ0n) is 17.4. The maximum atomic E-state index is 12.7. The predicted octanol–water partition coefficient (Wildman–Crippen LogP) is 3.19. The van der Waals surface area contributed by atoms with E-state index < -0.39 is 18.4 Å². The van der Waals surface area contributed by atoms with Gasteiger partial charge < -0.3 is 10.1 Å². The normalized spacial score (nSPS) is 10.6. The molecule has 0 spiro atoms. The highest BCUT2D eigenvalue weighted by molar-refractivity contribution is 6.04. The number of aromatic nitrogens is 2. The minimum atomic E-state index is -0.773. The summed E-state index contributed by atoms with van der Waals surface area (Å²) in [7, 11) is 0. The van der Waals surface area contributed by atoms with Gasteiger partial charge in [0.25, 0.3) is 5.56 Å². The van der Waals surface area contributed by atoms with Crippen LogP contribution in [-0.4, -0.2) is 34.0 Å². The van der Waals surface area contributed by atoms with Crippen LogP contribution in [0.3, 0.4) is 0 Å². The highest BCUT2D eigenvalue weighted by Crippen LogP contribution is 2.15. The van der Waals surface area contributed by atoms with Gasteiger partial charge in [0, 0.05) is 30.1 Å². The van der Waals surface area contributed by atoms with Crippen LogP contribution < -0.4 is 10.9 Å². The Hall–Kier alpha value is -3.81. The molecule has 0 atom stereocenters. The Balaban J connectivity index is 1.78. The van der Waals surface area contributed by atoms with Gasteiger partial charge in [-0.25, -0.2) is 9.48 Å². The number of esters is 1. The van der Waals surface area contributed by atoms with Gasteiger partial charge >= 0.3 is 5.97 Å². The van der Waals surface area contributed by atoms with Crippen molar-refractivity contribution in [2.75, 3.05) is 11.9 Å². The van der Waals surface area contributed by atoms with Crippen LogP contribution in [0.1, 0.15) is 47.5 Å². The van der Waals surface area contributed by atoms with Crippen molar-refractivity contribution in [1.82, 2.24) is 9.78 Å². The summed E-state index contributed by atoms with van der Waals surface area (Å²) in [6.07, 6.45) is 1.61.